The first-order chi connectivity index (χ1) is 11.9. The van der Waals surface area contributed by atoms with Crippen molar-refractivity contribution in [1.29, 1.82) is 0 Å². The molecule has 2 aromatic rings. The Morgan fingerprint density at radius 1 is 1.20 bits per heavy atom. The Morgan fingerprint density at radius 3 is 2.68 bits per heavy atom. The fraction of sp³-hybridized carbons (Fsp3) is 0.526. The maximum Gasteiger partial charge on any atom is 0.319 e. The van der Waals surface area contributed by atoms with Crippen molar-refractivity contribution in [3.63, 3.8) is 0 Å². The van der Waals surface area contributed by atoms with Crippen LogP contribution in [0.1, 0.15) is 24.1 Å². The van der Waals surface area contributed by atoms with Crippen molar-refractivity contribution in [2.75, 3.05) is 39.1 Å². The van der Waals surface area contributed by atoms with Crippen LogP contribution in [0.4, 0.5) is 10.6 Å². The van der Waals surface area contributed by atoms with Gasteiger partial charge in [0.1, 0.15) is 5.82 Å². The lowest BCUT2D eigenvalue weighted by atomic mass is 10.0. The molecule has 1 atom stereocenters. The Kier molecular flexibility index (Phi) is 4.79. The first-order valence-corrected chi connectivity index (χ1v) is 8.81. The Balaban J connectivity index is 1.84. The molecule has 6 nitrogen and oxygen atoms in total. The van der Waals surface area contributed by atoms with Crippen LogP contribution in [-0.2, 0) is 0 Å². The van der Waals surface area contributed by atoms with Gasteiger partial charge in [-0.15, -0.1) is 0 Å². The van der Waals surface area contributed by atoms with E-state index in [1.165, 1.54) is 5.56 Å². The van der Waals surface area contributed by atoms with E-state index in [4.69, 9.17) is 4.98 Å². The van der Waals surface area contributed by atoms with Crippen molar-refractivity contribution < 1.29 is 4.79 Å². The Hall–Kier alpha value is -2.37. The first kappa shape index (κ1) is 17.5. The molecule has 0 N–H and O–H groups in total. The SMILES string of the molecule is Cc1cc(C)c2ccc(N3CCCC(N(C)C(=O)N(C)C)C3)nc2n1. The summed E-state index contributed by atoms with van der Waals surface area (Å²) in [5.41, 5.74) is 2.99. The van der Waals surface area contributed by atoms with E-state index in [2.05, 4.69) is 35.0 Å². The second kappa shape index (κ2) is 6.86. The second-order valence-electron chi connectivity index (χ2n) is 7.15. The maximum atomic E-state index is 12.2. The lowest BCUT2D eigenvalue weighted by Crippen LogP contribution is -2.51. The number of aryl methyl sites for hydroxylation is 2. The van der Waals surface area contributed by atoms with Crippen LogP contribution in [0.3, 0.4) is 0 Å². The first-order valence-electron chi connectivity index (χ1n) is 8.81. The van der Waals surface area contributed by atoms with Crippen LogP contribution in [0.2, 0.25) is 0 Å². The number of rotatable bonds is 2. The normalized spacial score (nSPS) is 17.6. The van der Waals surface area contributed by atoms with Gasteiger partial charge >= 0.3 is 6.03 Å². The van der Waals surface area contributed by atoms with Gasteiger partial charge < -0.3 is 14.7 Å². The van der Waals surface area contributed by atoms with E-state index in [1.807, 2.05) is 18.9 Å². The molecule has 3 rings (SSSR count). The monoisotopic (exact) mass is 341 g/mol. The van der Waals surface area contributed by atoms with Crippen molar-refractivity contribution in [3.8, 4) is 0 Å². The third kappa shape index (κ3) is 3.52. The van der Waals surface area contributed by atoms with Crippen LogP contribution in [0.25, 0.3) is 11.0 Å². The number of aromatic nitrogens is 2. The zero-order valence-corrected chi connectivity index (χ0v) is 15.8. The van der Waals surface area contributed by atoms with Crippen molar-refractivity contribution in [3.05, 3.63) is 29.5 Å². The summed E-state index contributed by atoms with van der Waals surface area (Å²) < 4.78 is 0. The number of urea groups is 1. The quantitative estimate of drug-likeness (QED) is 0.843. The smallest absolute Gasteiger partial charge is 0.319 e. The molecule has 1 fully saturated rings. The molecule has 1 unspecified atom stereocenters. The van der Waals surface area contributed by atoms with Gasteiger partial charge in [-0.2, -0.15) is 0 Å². The molecule has 0 radical (unpaired) electrons. The van der Waals surface area contributed by atoms with Gasteiger partial charge in [-0.05, 0) is 50.5 Å². The maximum absolute atomic E-state index is 12.2. The number of fused-ring (bicyclic) bond motifs is 1. The van der Waals surface area contributed by atoms with Gasteiger partial charge in [-0.3, -0.25) is 0 Å². The molecule has 0 bridgehead atoms. The molecule has 6 heteroatoms. The van der Waals surface area contributed by atoms with E-state index >= 15 is 0 Å². The molecule has 1 aliphatic heterocycles. The zero-order chi connectivity index (χ0) is 18.1. The van der Waals surface area contributed by atoms with Gasteiger partial charge in [0, 0.05) is 45.3 Å². The lowest BCUT2D eigenvalue weighted by molar-refractivity contribution is 0.157. The number of hydrogen-bond acceptors (Lipinski definition) is 4. The molecular formula is C19H27N5O. The summed E-state index contributed by atoms with van der Waals surface area (Å²) in [4.78, 5) is 27.4. The molecule has 25 heavy (non-hydrogen) atoms. The summed E-state index contributed by atoms with van der Waals surface area (Å²) in [6.07, 6.45) is 2.08. The fourth-order valence-corrected chi connectivity index (χ4v) is 3.55. The number of piperidine rings is 1. The van der Waals surface area contributed by atoms with E-state index in [-0.39, 0.29) is 12.1 Å². The average Bonchev–Trinajstić information content (AvgIpc) is 2.59. The highest BCUT2D eigenvalue weighted by molar-refractivity contribution is 5.80. The van der Waals surface area contributed by atoms with E-state index in [9.17, 15) is 4.79 Å². The summed E-state index contributed by atoms with van der Waals surface area (Å²) in [7, 11) is 5.47. The van der Waals surface area contributed by atoms with Crippen LogP contribution >= 0.6 is 0 Å². The summed E-state index contributed by atoms with van der Waals surface area (Å²) in [5.74, 6) is 0.945. The third-order valence-electron chi connectivity index (χ3n) is 4.95. The molecule has 0 aromatic carbocycles. The van der Waals surface area contributed by atoms with Crippen molar-refractivity contribution >= 4 is 22.9 Å². The summed E-state index contributed by atoms with van der Waals surface area (Å²) >= 11 is 0. The van der Waals surface area contributed by atoms with Gasteiger partial charge in [0.25, 0.3) is 0 Å². The zero-order valence-electron chi connectivity index (χ0n) is 15.8. The number of anilines is 1. The van der Waals surface area contributed by atoms with Gasteiger partial charge in [0.05, 0.1) is 6.04 Å². The summed E-state index contributed by atoms with van der Waals surface area (Å²) in [6.45, 7) is 5.86. The summed E-state index contributed by atoms with van der Waals surface area (Å²) in [6, 6.07) is 6.52. The Morgan fingerprint density at radius 2 is 1.96 bits per heavy atom. The molecule has 0 saturated carbocycles. The third-order valence-corrected chi connectivity index (χ3v) is 4.95. The highest BCUT2D eigenvalue weighted by atomic mass is 16.2. The number of carbonyl (C=O) groups is 1. The molecule has 1 saturated heterocycles. The topological polar surface area (TPSA) is 52.6 Å². The van der Waals surface area contributed by atoms with E-state index < -0.39 is 0 Å². The molecule has 0 aliphatic carbocycles. The molecule has 2 amide bonds. The fourth-order valence-electron chi connectivity index (χ4n) is 3.55. The van der Waals surface area contributed by atoms with Crippen molar-refractivity contribution in [2.24, 2.45) is 0 Å². The van der Waals surface area contributed by atoms with Crippen molar-refractivity contribution in [1.82, 2.24) is 19.8 Å². The van der Waals surface area contributed by atoms with Crippen LogP contribution in [-0.4, -0.2) is 66.1 Å². The van der Waals surface area contributed by atoms with Crippen LogP contribution in [0, 0.1) is 13.8 Å². The van der Waals surface area contributed by atoms with Crippen LogP contribution in [0.5, 0.6) is 0 Å². The molecule has 134 valence electrons. The molecule has 3 heterocycles. The van der Waals surface area contributed by atoms with Gasteiger partial charge in [-0.25, -0.2) is 14.8 Å². The minimum Gasteiger partial charge on any atom is -0.354 e. The molecule has 0 spiro atoms. The van der Waals surface area contributed by atoms with Crippen molar-refractivity contribution in [2.45, 2.75) is 32.7 Å². The predicted octanol–water partition coefficient (Wildman–Crippen LogP) is 2.83. The minimum atomic E-state index is 0.0474. The van der Waals surface area contributed by atoms with E-state index in [0.29, 0.717) is 0 Å². The second-order valence-corrected chi connectivity index (χ2v) is 7.15. The number of likely N-dealkylation sites (N-methyl/N-ethyl adjacent to an activating group) is 1. The number of amides is 2. The van der Waals surface area contributed by atoms with E-state index in [0.717, 1.165) is 48.5 Å². The molecule has 2 aromatic heterocycles. The highest BCUT2D eigenvalue weighted by Gasteiger charge is 2.27. The average molecular weight is 341 g/mol. The largest absolute Gasteiger partial charge is 0.354 e. The standard InChI is InChI=1S/C19H27N5O/c1-13-11-14(2)20-18-16(13)8-9-17(21-18)24-10-6-7-15(12-24)23(5)19(25)22(3)4/h8-9,11,15H,6-7,10,12H2,1-5H3. The lowest BCUT2D eigenvalue weighted by Gasteiger charge is -2.39. The highest BCUT2D eigenvalue weighted by Crippen LogP contribution is 2.24. The number of nitrogens with zero attached hydrogens (tertiary/aromatic N) is 5. The Bertz CT molecular complexity index is 789. The van der Waals surface area contributed by atoms with Gasteiger partial charge in [0.15, 0.2) is 5.65 Å². The van der Waals surface area contributed by atoms with Crippen LogP contribution in [0.15, 0.2) is 18.2 Å². The number of hydrogen-bond donors (Lipinski definition) is 0. The summed E-state index contributed by atoms with van der Waals surface area (Å²) in [5, 5.41) is 1.10. The minimum absolute atomic E-state index is 0.0474. The predicted molar refractivity (Wildman–Crippen MR) is 101 cm³/mol. The number of pyridine rings is 2. The van der Waals surface area contributed by atoms with Crippen LogP contribution < -0.4 is 4.90 Å². The van der Waals surface area contributed by atoms with E-state index in [1.54, 1.807) is 19.0 Å². The Labute approximate surface area is 149 Å². The van der Waals surface area contributed by atoms with Gasteiger partial charge in [0.2, 0.25) is 0 Å². The molecular weight excluding hydrogens is 314 g/mol. The van der Waals surface area contributed by atoms with Gasteiger partial charge in [-0.1, -0.05) is 0 Å². The number of carbonyl (C=O) groups excluding carboxylic acids is 1. The molecule has 1 aliphatic rings.